The van der Waals surface area contributed by atoms with Crippen LogP contribution in [0.1, 0.15) is 24.8 Å². The number of hydrogen-bond donors (Lipinski definition) is 0. The Hall–Kier alpha value is -0.560. The first-order chi connectivity index (χ1) is 10.0. The average molecular weight is 329 g/mol. The minimum atomic E-state index is -3.28. The molecule has 4 nitrogen and oxygen atoms in total. The monoisotopic (exact) mass is 329 g/mol. The van der Waals surface area contributed by atoms with Crippen molar-refractivity contribution in [1.29, 1.82) is 0 Å². The van der Waals surface area contributed by atoms with Crippen molar-refractivity contribution in [3.63, 3.8) is 0 Å². The molecule has 0 spiro atoms. The maximum Gasteiger partial charge on any atom is 0.216 e. The van der Waals surface area contributed by atoms with Crippen LogP contribution < -0.4 is 0 Å². The zero-order chi connectivity index (χ0) is 15.3. The van der Waals surface area contributed by atoms with Crippen LogP contribution in [0, 0.1) is 0 Å². The fraction of sp³-hybridized carbons (Fsp3) is 0.600. The molecule has 0 radical (unpaired) electrons. The minimum absolute atomic E-state index is 0.0882. The van der Waals surface area contributed by atoms with Crippen molar-refractivity contribution in [2.45, 2.75) is 36.8 Å². The molecule has 1 aliphatic heterocycles. The molecule has 0 saturated carbocycles. The van der Waals surface area contributed by atoms with E-state index in [1.165, 1.54) is 4.31 Å². The van der Waals surface area contributed by atoms with E-state index >= 15 is 0 Å². The average Bonchev–Trinajstić information content (AvgIpc) is 2.48. The van der Waals surface area contributed by atoms with E-state index in [2.05, 4.69) is 0 Å². The van der Waals surface area contributed by atoms with Crippen LogP contribution in [-0.4, -0.2) is 44.5 Å². The normalized spacial score (nSPS) is 19.9. The van der Waals surface area contributed by atoms with Crippen molar-refractivity contribution in [2.75, 3.05) is 25.7 Å². The van der Waals surface area contributed by atoms with E-state index in [4.69, 9.17) is 4.74 Å². The highest BCUT2D eigenvalue weighted by Gasteiger charge is 2.26. The summed E-state index contributed by atoms with van der Waals surface area (Å²) in [6, 6.07) is 7.92. The molecule has 0 aromatic heterocycles. The SMILES string of the molecule is CSc1ccccc1CN(C)S(=O)(=O)C[C@@H]1CCCCO1. The summed E-state index contributed by atoms with van der Waals surface area (Å²) in [6.07, 6.45) is 4.78. The van der Waals surface area contributed by atoms with Gasteiger partial charge in [-0.15, -0.1) is 11.8 Å². The summed E-state index contributed by atoms with van der Waals surface area (Å²) < 4.78 is 31.9. The molecule has 1 saturated heterocycles. The van der Waals surface area contributed by atoms with Gasteiger partial charge < -0.3 is 4.74 Å². The van der Waals surface area contributed by atoms with Gasteiger partial charge in [-0.1, -0.05) is 18.2 Å². The summed E-state index contributed by atoms with van der Waals surface area (Å²) in [5.41, 5.74) is 1.04. The van der Waals surface area contributed by atoms with Crippen molar-refractivity contribution in [3.05, 3.63) is 29.8 Å². The smallest absolute Gasteiger partial charge is 0.216 e. The third kappa shape index (κ3) is 4.71. The van der Waals surface area contributed by atoms with Crippen molar-refractivity contribution < 1.29 is 13.2 Å². The molecule has 1 aromatic rings. The highest BCUT2D eigenvalue weighted by Crippen LogP contribution is 2.22. The Morgan fingerprint density at radius 3 is 2.76 bits per heavy atom. The lowest BCUT2D eigenvalue weighted by molar-refractivity contribution is 0.0299. The van der Waals surface area contributed by atoms with E-state index in [1.54, 1.807) is 18.8 Å². The standard InChI is InChI=1S/C15H23NO3S2/c1-16(11-13-7-3-4-9-15(13)20-2)21(17,18)12-14-8-5-6-10-19-14/h3-4,7,9,14H,5-6,8,10-12H2,1-2H3/t14-/m0/s1. The van der Waals surface area contributed by atoms with Crippen LogP contribution in [0.4, 0.5) is 0 Å². The molecule has 2 rings (SSSR count). The zero-order valence-electron chi connectivity index (χ0n) is 12.6. The molecule has 0 aliphatic carbocycles. The van der Waals surface area contributed by atoms with Crippen molar-refractivity contribution in [3.8, 4) is 0 Å². The maximum atomic E-state index is 12.4. The van der Waals surface area contributed by atoms with Gasteiger partial charge in [0.1, 0.15) is 0 Å². The Labute approximate surface area is 131 Å². The lowest BCUT2D eigenvalue weighted by Gasteiger charge is -2.25. The minimum Gasteiger partial charge on any atom is -0.377 e. The van der Waals surface area contributed by atoms with Gasteiger partial charge in [-0.2, -0.15) is 0 Å². The van der Waals surface area contributed by atoms with Crippen LogP contribution in [0.5, 0.6) is 0 Å². The fourth-order valence-corrected chi connectivity index (χ4v) is 4.41. The Morgan fingerprint density at radius 2 is 2.10 bits per heavy atom. The molecule has 0 N–H and O–H groups in total. The molecule has 1 atom stereocenters. The number of rotatable bonds is 6. The highest BCUT2D eigenvalue weighted by atomic mass is 32.2. The van der Waals surface area contributed by atoms with Crippen LogP contribution in [0.15, 0.2) is 29.2 Å². The molecule has 1 heterocycles. The lowest BCUT2D eigenvalue weighted by Crippen LogP contribution is -2.36. The van der Waals surface area contributed by atoms with Gasteiger partial charge in [0.2, 0.25) is 10.0 Å². The second-order valence-electron chi connectivity index (χ2n) is 5.34. The Balaban J connectivity index is 2.02. The molecule has 0 unspecified atom stereocenters. The number of nitrogens with zero attached hydrogens (tertiary/aromatic N) is 1. The van der Waals surface area contributed by atoms with E-state index in [9.17, 15) is 8.42 Å². The van der Waals surface area contributed by atoms with Crippen LogP contribution >= 0.6 is 11.8 Å². The first kappa shape index (κ1) is 16.8. The number of ether oxygens (including phenoxy) is 1. The van der Waals surface area contributed by atoms with Crippen LogP contribution in [0.2, 0.25) is 0 Å². The van der Waals surface area contributed by atoms with Crippen molar-refractivity contribution in [1.82, 2.24) is 4.31 Å². The molecule has 1 aromatic carbocycles. The summed E-state index contributed by atoms with van der Waals surface area (Å²) in [5, 5.41) is 0. The largest absolute Gasteiger partial charge is 0.377 e. The number of thioether (sulfide) groups is 1. The predicted molar refractivity (Wildman–Crippen MR) is 87.1 cm³/mol. The summed E-state index contributed by atoms with van der Waals surface area (Å²) in [6.45, 7) is 1.09. The van der Waals surface area contributed by atoms with Crippen LogP contribution in [-0.2, 0) is 21.3 Å². The molecule has 0 amide bonds. The quantitative estimate of drug-likeness (QED) is 0.753. The fourth-order valence-electron chi connectivity index (χ4n) is 2.47. The summed E-state index contributed by atoms with van der Waals surface area (Å²) >= 11 is 1.64. The molecular weight excluding hydrogens is 306 g/mol. The molecule has 0 bridgehead atoms. The van der Waals surface area contributed by atoms with Crippen molar-refractivity contribution in [2.24, 2.45) is 0 Å². The third-order valence-electron chi connectivity index (χ3n) is 3.73. The summed E-state index contributed by atoms with van der Waals surface area (Å²) in [4.78, 5) is 1.12. The maximum absolute atomic E-state index is 12.4. The highest BCUT2D eigenvalue weighted by molar-refractivity contribution is 7.98. The van der Waals surface area contributed by atoms with Gasteiger partial charge in [0.25, 0.3) is 0 Å². The van der Waals surface area contributed by atoms with Gasteiger partial charge in [-0.3, -0.25) is 0 Å². The van der Waals surface area contributed by atoms with Gasteiger partial charge in [0.15, 0.2) is 0 Å². The molecule has 118 valence electrons. The summed E-state index contributed by atoms with van der Waals surface area (Å²) in [5.74, 6) is 0.0882. The first-order valence-corrected chi connectivity index (χ1v) is 10.0. The van der Waals surface area contributed by atoms with E-state index < -0.39 is 10.0 Å². The van der Waals surface area contributed by atoms with Gasteiger partial charge >= 0.3 is 0 Å². The molecular formula is C15H23NO3S2. The number of hydrogen-bond acceptors (Lipinski definition) is 4. The van der Waals surface area contributed by atoms with E-state index in [0.29, 0.717) is 13.2 Å². The Morgan fingerprint density at radius 1 is 1.33 bits per heavy atom. The molecule has 1 fully saturated rings. The molecule has 21 heavy (non-hydrogen) atoms. The van der Waals surface area contributed by atoms with Gasteiger partial charge in [-0.25, -0.2) is 12.7 Å². The second kappa shape index (κ2) is 7.63. The van der Waals surface area contributed by atoms with Gasteiger partial charge in [0, 0.05) is 25.1 Å². The van der Waals surface area contributed by atoms with Crippen molar-refractivity contribution >= 4 is 21.8 Å². The Bertz CT molecular complexity index is 554. The lowest BCUT2D eigenvalue weighted by atomic mass is 10.1. The van der Waals surface area contributed by atoms with Crippen LogP contribution in [0.25, 0.3) is 0 Å². The first-order valence-electron chi connectivity index (χ1n) is 7.20. The summed E-state index contributed by atoms with van der Waals surface area (Å²) in [7, 11) is -1.64. The van der Waals surface area contributed by atoms with E-state index in [1.807, 2.05) is 30.5 Å². The van der Waals surface area contributed by atoms with E-state index in [0.717, 1.165) is 29.7 Å². The predicted octanol–water partition coefficient (Wildman–Crippen LogP) is 2.74. The topological polar surface area (TPSA) is 46.6 Å². The van der Waals surface area contributed by atoms with Crippen LogP contribution in [0.3, 0.4) is 0 Å². The zero-order valence-corrected chi connectivity index (χ0v) is 14.3. The van der Waals surface area contributed by atoms with Gasteiger partial charge in [0.05, 0.1) is 11.9 Å². The second-order valence-corrected chi connectivity index (χ2v) is 8.30. The third-order valence-corrected chi connectivity index (χ3v) is 6.44. The van der Waals surface area contributed by atoms with E-state index in [-0.39, 0.29) is 11.9 Å². The number of benzene rings is 1. The molecule has 1 aliphatic rings. The Kier molecular flexibility index (Phi) is 6.10. The molecule has 6 heteroatoms. The number of sulfonamides is 1. The van der Waals surface area contributed by atoms with Gasteiger partial charge in [-0.05, 0) is 37.1 Å².